The van der Waals surface area contributed by atoms with Gasteiger partial charge in [-0.15, -0.1) is 0 Å². The Morgan fingerprint density at radius 2 is 2.06 bits per heavy atom. The summed E-state index contributed by atoms with van der Waals surface area (Å²) in [6.45, 7) is 0. The molecule has 88 valence electrons. The Bertz CT molecular complexity index is 485. The highest BCUT2D eigenvalue weighted by Crippen LogP contribution is 2.14. The number of phenolic OH excluding ortho intramolecular Hbond substituents is 1. The van der Waals surface area contributed by atoms with Crippen LogP contribution in [0, 0.1) is 0 Å². The molecule has 2 atom stereocenters. The summed E-state index contributed by atoms with van der Waals surface area (Å²) < 4.78 is 22.6. The first-order valence-electron chi connectivity index (χ1n) is 4.99. The van der Waals surface area contributed by atoms with Gasteiger partial charge in [-0.2, -0.15) is 0 Å². The number of nitrogens with two attached hydrogens (primary N) is 1. The van der Waals surface area contributed by atoms with E-state index in [4.69, 9.17) is 0 Å². The van der Waals surface area contributed by atoms with Crippen molar-refractivity contribution in [3.8, 4) is 5.75 Å². The minimum atomic E-state index is -3.12. The van der Waals surface area contributed by atoms with Crippen LogP contribution in [0.25, 0.3) is 0 Å². The monoisotopic (exact) mass is 244 g/mol. The van der Waals surface area contributed by atoms with Crippen molar-refractivity contribution < 1.29 is 23.9 Å². The van der Waals surface area contributed by atoms with Crippen molar-refractivity contribution in [2.45, 2.75) is 12.1 Å². The topological polar surface area (TPSA) is 91.2 Å². The van der Waals surface area contributed by atoms with Gasteiger partial charge in [-0.25, -0.2) is 8.42 Å². The Morgan fingerprint density at radius 1 is 1.31 bits per heavy atom. The molecule has 1 saturated heterocycles. The van der Waals surface area contributed by atoms with E-state index in [1.165, 1.54) is 6.07 Å². The Labute approximate surface area is 93.6 Å². The molecular weight excluding hydrogens is 230 g/mol. The van der Waals surface area contributed by atoms with Gasteiger partial charge in [-0.1, -0.05) is 6.07 Å². The van der Waals surface area contributed by atoms with E-state index in [9.17, 15) is 18.6 Å². The molecule has 2 rings (SSSR count). The Morgan fingerprint density at radius 3 is 2.62 bits per heavy atom. The Balaban J connectivity index is 2.11. The number of benzene rings is 1. The third-order valence-electron chi connectivity index (χ3n) is 2.64. The lowest BCUT2D eigenvalue weighted by atomic mass is 10.2. The van der Waals surface area contributed by atoms with Crippen LogP contribution in [-0.2, 0) is 9.84 Å². The molecule has 1 aliphatic heterocycles. The van der Waals surface area contributed by atoms with Crippen LogP contribution >= 0.6 is 0 Å². The maximum Gasteiger partial charge on any atom is 0.159 e. The van der Waals surface area contributed by atoms with Gasteiger partial charge >= 0.3 is 0 Å². The van der Waals surface area contributed by atoms with Crippen molar-refractivity contribution in [3.63, 3.8) is 0 Å². The van der Waals surface area contributed by atoms with Gasteiger partial charge in [-0.3, -0.25) is 0 Å². The van der Waals surface area contributed by atoms with Crippen molar-refractivity contribution in [2.75, 3.05) is 11.5 Å². The van der Waals surface area contributed by atoms with E-state index < -0.39 is 15.9 Å². The summed E-state index contributed by atoms with van der Waals surface area (Å²) in [5, 5.41) is 20.5. The molecule has 1 heterocycles. The van der Waals surface area contributed by atoms with Gasteiger partial charge in [0.05, 0.1) is 5.75 Å². The first-order chi connectivity index (χ1) is 7.46. The van der Waals surface area contributed by atoms with Gasteiger partial charge in [0.1, 0.15) is 29.3 Å². The molecule has 5 nitrogen and oxygen atoms in total. The van der Waals surface area contributed by atoms with Gasteiger partial charge in [0.15, 0.2) is 9.84 Å². The Hall–Kier alpha value is -1.11. The SMILES string of the molecule is O=S1(=O)C[C@@H](O)[C@@H]([NH2+]c2cccc(O)c2)C1. The van der Waals surface area contributed by atoms with Crippen LogP contribution in [0.4, 0.5) is 5.69 Å². The van der Waals surface area contributed by atoms with E-state index in [-0.39, 0.29) is 23.3 Å². The lowest BCUT2D eigenvalue weighted by Crippen LogP contribution is -2.87. The third-order valence-corrected chi connectivity index (χ3v) is 4.38. The van der Waals surface area contributed by atoms with E-state index >= 15 is 0 Å². The smallest absolute Gasteiger partial charge is 0.159 e. The number of quaternary nitrogens is 1. The number of phenols is 1. The molecule has 0 radical (unpaired) electrons. The molecule has 0 spiro atoms. The summed E-state index contributed by atoms with van der Waals surface area (Å²) >= 11 is 0. The standard InChI is InChI=1S/C10H13NO4S/c12-8-3-1-2-7(4-8)11-9-5-16(14,15)6-10(9)13/h1-4,9-13H,5-6H2/p+1/t9-,10+/m0/s1. The summed E-state index contributed by atoms with van der Waals surface area (Å²) in [6.07, 6.45) is -0.840. The van der Waals surface area contributed by atoms with Crippen molar-refractivity contribution >= 4 is 15.5 Å². The second-order valence-corrected chi connectivity index (χ2v) is 6.22. The van der Waals surface area contributed by atoms with Gasteiger partial charge in [0.25, 0.3) is 0 Å². The van der Waals surface area contributed by atoms with Crippen molar-refractivity contribution in [2.24, 2.45) is 0 Å². The largest absolute Gasteiger partial charge is 0.508 e. The maximum atomic E-state index is 11.3. The molecule has 4 N–H and O–H groups in total. The van der Waals surface area contributed by atoms with Crippen LogP contribution in [0.15, 0.2) is 24.3 Å². The number of rotatable bonds is 2. The minimum absolute atomic E-state index is 0.0240. The van der Waals surface area contributed by atoms with Crippen molar-refractivity contribution in [3.05, 3.63) is 24.3 Å². The van der Waals surface area contributed by atoms with E-state index in [1.54, 1.807) is 23.5 Å². The second kappa shape index (κ2) is 4.04. The first kappa shape index (κ1) is 11.4. The van der Waals surface area contributed by atoms with Gasteiger partial charge in [0, 0.05) is 6.07 Å². The third kappa shape index (κ3) is 2.52. The summed E-state index contributed by atoms with van der Waals surface area (Å²) in [4.78, 5) is 0. The number of sulfone groups is 1. The molecule has 1 aromatic rings. The molecule has 16 heavy (non-hydrogen) atoms. The first-order valence-corrected chi connectivity index (χ1v) is 6.81. The van der Waals surface area contributed by atoms with Crippen LogP contribution in [0.3, 0.4) is 0 Å². The summed E-state index contributed by atoms with van der Waals surface area (Å²) in [5.74, 6) is -0.0688. The van der Waals surface area contributed by atoms with E-state index in [2.05, 4.69) is 0 Å². The molecule has 0 bridgehead atoms. The number of aliphatic hydroxyl groups is 1. The molecule has 1 aliphatic rings. The van der Waals surface area contributed by atoms with E-state index in [1.807, 2.05) is 0 Å². The van der Waals surface area contributed by atoms with Crippen LogP contribution in [0.5, 0.6) is 5.75 Å². The zero-order valence-corrected chi connectivity index (χ0v) is 9.39. The fourth-order valence-electron chi connectivity index (χ4n) is 1.89. The molecule has 0 aliphatic carbocycles. The molecule has 1 aromatic carbocycles. The lowest BCUT2D eigenvalue weighted by Gasteiger charge is -2.10. The van der Waals surface area contributed by atoms with Crippen LogP contribution in [0.2, 0.25) is 0 Å². The molecular formula is C10H14NO4S+. The predicted octanol–water partition coefficient (Wildman–Crippen LogP) is -1.25. The van der Waals surface area contributed by atoms with E-state index in [0.29, 0.717) is 0 Å². The molecule has 0 saturated carbocycles. The number of hydrogen-bond donors (Lipinski definition) is 3. The average molecular weight is 244 g/mol. The summed E-state index contributed by atoms with van der Waals surface area (Å²) in [5.41, 5.74) is 0.723. The number of aliphatic hydroxyl groups excluding tert-OH is 1. The number of hydrogen-bond acceptors (Lipinski definition) is 4. The second-order valence-electron chi connectivity index (χ2n) is 4.07. The molecule has 0 aromatic heterocycles. The molecule has 6 heteroatoms. The predicted molar refractivity (Wildman–Crippen MR) is 58.1 cm³/mol. The molecule has 0 amide bonds. The van der Waals surface area contributed by atoms with Crippen LogP contribution in [0.1, 0.15) is 0 Å². The average Bonchev–Trinajstić information content (AvgIpc) is 2.39. The van der Waals surface area contributed by atoms with Crippen LogP contribution < -0.4 is 5.32 Å². The van der Waals surface area contributed by atoms with Crippen LogP contribution in [-0.4, -0.2) is 42.3 Å². The van der Waals surface area contributed by atoms with Crippen molar-refractivity contribution in [1.29, 1.82) is 0 Å². The number of aromatic hydroxyl groups is 1. The van der Waals surface area contributed by atoms with Gasteiger partial charge in [0.2, 0.25) is 0 Å². The Kier molecular flexibility index (Phi) is 2.88. The normalized spacial score (nSPS) is 28.1. The zero-order valence-electron chi connectivity index (χ0n) is 8.57. The van der Waals surface area contributed by atoms with Gasteiger partial charge in [-0.05, 0) is 12.1 Å². The fourth-order valence-corrected chi connectivity index (χ4v) is 3.70. The fraction of sp³-hybridized carbons (Fsp3) is 0.400. The molecule has 0 unspecified atom stereocenters. The van der Waals surface area contributed by atoms with E-state index in [0.717, 1.165) is 5.69 Å². The quantitative estimate of drug-likeness (QED) is 0.567. The summed E-state index contributed by atoms with van der Waals surface area (Å²) in [7, 11) is -3.12. The highest BCUT2D eigenvalue weighted by atomic mass is 32.2. The maximum absolute atomic E-state index is 11.3. The lowest BCUT2D eigenvalue weighted by molar-refractivity contribution is -0.613. The highest BCUT2D eigenvalue weighted by Gasteiger charge is 2.39. The highest BCUT2D eigenvalue weighted by molar-refractivity contribution is 7.91. The zero-order chi connectivity index (χ0) is 11.8. The van der Waals surface area contributed by atoms with Crippen molar-refractivity contribution in [1.82, 2.24) is 0 Å². The van der Waals surface area contributed by atoms with Gasteiger partial charge < -0.3 is 15.5 Å². The summed E-state index contributed by atoms with van der Waals surface area (Å²) in [6, 6.07) is 6.14. The minimum Gasteiger partial charge on any atom is -0.508 e. The molecule has 1 fully saturated rings.